The average molecular weight is 299 g/mol. The summed E-state index contributed by atoms with van der Waals surface area (Å²) in [4.78, 5) is 19.7. The number of carbonyl (C=O) groups is 1. The minimum Gasteiger partial charge on any atom is -0.367 e. The molecule has 0 aliphatic heterocycles. The zero-order valence-corrected chi connectivity index (χ0v) is 13.1. The minimum atomic E-state index is -0.104. The van der Waals surface area contributed by atoms with Crippen LogP contribution in [-0.4, -0.2) is 21.9 Å². The van der Waals surface area contributed by atoms with Crippen LogP contribution in [0.5, 0.6) is 0 Å². The second-order valence-corrected chi connectivity index (χ2v) is 5.11. The van der Waals surface area contributed by atoms with Crippen molar-refractivity contribution in [3.8, 4) is 0 Å². The molecule has 22 heavy (non-hydrogen) atoms. The Balaban J connectivity index is 2.10. The molecule has 0 spiro atoms. The third-order valence-electron chi connectivity index (χ3n) is 3.10. The van der Waals surface area contributed by atoms with Crippen LogP contribution in [0.1, 0.15) is 27.2 Å². The van der Waals surface area contributed by atoms with Crippen molar-refractivity contribution in [1.82, 2.24) is 9.97 Å². The van der Waals surface area contributed by atoms with Gasteiger partial charge < -0.3 is 16.0 Å². The topological polar surface area (TPSA) is 78.9 Å². The third kappa shape index (κ3) is 4.73. The number of hydrogen-bond donors (Lipinski definition) is 3. The van der Waals surface area contributed by atoms with Crippen LogP contribution in [0.2, 0.25) is 0 Å². The van der Waals surface area contributed by atoms with Crippen LogP contribution in [0.25, 0.3) is 0 Å². The number of nitrogens with one attached hydrogen (secondary N) is 3. The molecule has 3 N–H and O–H groups in total. The Hall–Kier alpha value is -2.63. The predicted molar refractivity (Wildman–Crippen MR) is 89.4 cm³/mol. The second-order valence-electron chi connectivity index (χ2n) is 5.11. The zero-order valence-electron chi connectivity index (χ0n) is 13.1. The Bertz CT molecular complexity index is 644. The molecule has 0 saturated carbocycles. The van der Waals surface area contributed by atoms with E-state index in [2.05, 4.69) is 39.8 Å². The van der Waals surface area contributed by atoms with Crippen molar-refractivity contribution in [2.45, 2.75) is 33.2 Å². The van der Waals surface area contributed by atoms with Gasteiger partial charge in [0.25, 0.3) is 0 Å². The number of hydrogen-bond acceptors (Lipinski definition) is 5. The van der Waals surface area contributed by atoms with Gasteiger partial charge in [-0.05, 0) is 37.6 Å². The summed E-state index contributed by atoms with van der Waals surface area (Å²) in [6.07, 6.45) is 2.73. The lowest BCUT2D eigenvalue weighted by atomic mass is 10.2. The molecule has 6 heteroatoms. The first-order valence-corrected chi connectivity index (χ1v) is 7.31. The molecule has 1 heterocycles. The summed E-state index contributed by atoms with van der Waals surface area (Å²) in [6.45, 7) is 5.70. The maximum atomic E-state index is 11.1. The van der Waals surface area contributed by atoms with E-state index in [4.69, 9.17) is 0 Å². The van der Waals surface area contributed by atoms with Crippen LogP contribution in [0.15, 0.2) is 36.5 Å². The van der Waals surface area contributed by atoms with Crippen molar-refractivity contribution in [2.24, 2.45) is 0 Å². The normalized spacial score (nSPS) is 11.6. The molecule has 1 aromatic carbocycles. The summed E-state index contributed by atoms with van der Waals surface area (Å²) in [5, 5.41) is 9.19. The molecule has 1 unspecified atom stereocenters. The van der Waals surface area contributed by atoms with Gasteiger partial charge in [-0.1, -0.05) is 13.0 Å². The van der Waals surface area contributed by atoms with Gasteiger partial charge in [-0.25, -0.2) is 4.98 Å². The van der Waals surface area contributed by atoms with Gasteiger partial charge >= 0.3 is 0 Å². The lowest BCUT2D eigenvalue weighted by Gasteiger charge is -2.13. The molecule has 0 aliphatic rings. The van der Waals surface area contributed by atoms with Crippen LogP contribution in [-0.2, 0) is 4.79 Å². The number of benzene rings is 1. The van der Waals surface area contributed by atoms with Crippen LogP contribution in [0, 0.1) is 0 Å². The molecule has 1 amide bonds. The van der Waals surface area contributed by atoms with E-state index in [1.165, 1.54) is 6.92 Å². The van der Waals surface area contributed by atoms with Gasteiger partial charge in [-0.3, -0.25) is 4.79 Å². The molecule has 0 bridgehead atoms. The number of carbonyl (C=O) groups excluding carboxylic acids is 1. The number of aromatic nitrogens is 2. The van der Waals surface area contributed by atoms with Crippen molar-refractivity contribution in [2.75, 3.05) is 16.0 Å². The Morgan fingerprint density at radius 2 is 2.05 bits per heavy atom. The fraction of sp³-hybridized carbons (Fsp3) is 0.312. The SMILES string of the molecule is CCC(C)Nc1ccnc(Nc2cccc(NC(C)=O)c2)n1. The van der Waals surface area contributed by atoms with E-state index in [9.17, 15) is 4.79 Å². The van der Waals surface area contributed by atoms with Gasteiger partial charge in [0, 0.05) is 30.5 Å². The average Bonchev–Trinajstić information content (AvgIpc) is 2.47. The van der Waals surface area contributed by atoms with E-state index in [1.54, 1.807) is 6.20 Å². The second kappa shape index (κ2) is 7.40. The summed E-state index contributed by atoms with van der Waals surface area (Å²) >= 11 is 0. The Kier molecular flexibility index (Phi) is 5.30. The highest BCUT2D eigenvalue weighted by Crippen LogP contribution is 2.19. The van der Waals surface area contributed by atoms with Gasteiger partial charge in [0.1, 0.15) is 5.82 Å². The Morgan fingerprint density at radius 3 is 2.77 bits per heavy atom. The van der Waals surface area contributed by atoms with E-state index >= 15 is 0 Å². The van der Waals surface area contributed by atoms with Crippen molar-refractivity contribution in [1.29, 1.82) is 0 Å². The summed E-state index contributed by atoms with van der Waals surface area (Å²) in [5.74, 6) is 1.19. The Morgan fingerprint density at radius 1 is 1.27 bits per heavy atom. The van der Waals surface area contributed by atoms with Gasteiger partial charge in [-0.15, -0.1) is 0 Å². The molecule has 116 valence electrons. The first kappa shape index (κ1) is 15.8. The molecular formula is C16H21N5O. The van der Waals surface area contributed by atoms with E-state index in [-0.39, 0.29) is 5.91 Å². The highest BCUT2D eigenvalue weighted by molar-refractivity contribution is 5.89. The molecule has 0 fully saturated rings. The highest BCUT2D eigenvalue weighted by Gasteiger charge is 2.04. The highest BCUT2D eigenvalue weighted by atomic mass is 16.1. The molecular weight excluding hydrogens is 278 g/mol. The number of anilines is 4. The fourth-order valence-electron chi connectivity index (χ4n) is 1.86. The molecule has 0 radical (unpaired) electrons. The summed E-state index contributed by atoms with van der Waals surface area (Å²) in [6, 6.07) is 9.60. The summed E-state index contributed by atoms with van der Waals surface area (Å²) < 4.78 is 0. The zero-order chi connectivity index (χ0) is 15.9. The third-order valence-corrected chi connectivity index (χ3v) is 3.10. The number of amides is 1. The van der Waals surface area contributed by atoms with Crippen molar-refractivity contribution < 1.29 is 4.79 Å². The van der Waals surface area contributed by atoms with Crippen molar-refractivity contribution >= 4 is 29.0 Å². The molecule has 1 atom stereocenters. The summed E-state index contributed by atoms with van der Waals surface area (Å²) in [5.41, 5.74) is 1.54. The first-order chi connectivity index (χ1) is 10.6. The molecule has 0 saturated heterocycles. The smallest absolute Gasteiger partial charge is 0.229 e. The molecule has 0 aliphatic carbocycles. The minimum absolute atomic E-state index is 0.104. The lowest BCUT2D eigenvalue weighted by molar-refractivity contribution is -0.114. The van der Waals surface area contributed by atoms with E-state index in [0.29, 0.717) is 12.0 Å². The fourth-order valence-corrected chi connectivity index (χ4v) is 1.86. The van der Waals surface area contributed by atoms with Crippen LogP contribution in [0.4, 0.5) is 23.1 Å². The number of nitrogens with zero attached hydrogens (tertiary/aromatic N) is 2. The molecule has 2 rings (SSSR count). The first-order valence-electron chi connectivity index (χ1n) is 7.31. The van der Waals surface area contributed by atoms with Gasteiger partial charge in [0.2, 0.25) is 11.9 Å². The lowest BCUT2D eigenvalue weighted by Crippen LogP contribution is -2.15. The number of rotatable bonds is 6. The Labute approximate surface area is 130 Å². The monoisotopic (exact) mass is 299 g/mol. The van der Waals surface area contributed by atoms with Crippen molar-refractivity contribution in [3.05, 3.63) is 36.5 Å². The van der Waals surface area contributed by atoms with Crippen LogP contribution in [0.3, 0.4) is 0 Å². The summed E-state index contributed by atoms with van der Waals surface area (Å²) in [7, 11) is 0. The van der Waals surface area contributed by atoms with Gasteiger partial charge in [0.15, 0.2) is 0 Å². The van der Waals surface area contributed by atoms with E-state index in [0.717, 1.165) is 23.6 Å². The van der Waals surface area contributed by atoms with Gasteiger partial charge in [-0.2, -0.15) is 4.98 Å². The van der Waals surface area contributed by atoms with E-state index < -0.39 is 0 Å². The maximum Gasteiger partial charge on any atom is 0.229 e. The standard InChI is InChI=1S/C16H21N5O/c1-4-11(2)18-15-8-9-17-16(21-15)20-14-7-5-6-13(10-14)19-12(3)22/h5-11H,4H2,1-3H3,(H,19,22)(H2,17,18,20,21). The molecule has 2 aromatic rings. The van der Waals surface area contributed by atoms with Crippen LogP contribution < -0.4 is 16.0 Å². The quantitative estimate of drug-likeness (QED) is 0.762. The van der Waals surface area contributed by atoms with E-state index in [1.807, 2.05) is 30.3 Å². The van der Waals surface area contributed by atoms with Gasteiger partial charge in [0.05, 0.1) is 0 Å². The largest absolute Gasteiger partial charge is 0.367 e. The van der Waals surface area contributed by atoms with Crippen LogP contribution >= 0.6 is 0 Å². The molecule has 6 nitrogen and oxygen atoms in total. The van der Waals surface area contributed by atoms with Crippen molar-refractivity contribution in [3.63, 3.8) is 0 Å². The predicted octanol–water partition coefficient (Wildman–Crippen LogP) is 3.39. The molecule has 1 aromatic heterocycles. The maximum absolute atomic E-state index is 11.1.